The summed E-state index contributed by atoms with van der Waals surface area (Å²) in [5.74, 6) is 0.930. The van der Waals surface area contributed by atoms with Crippen LogP contribution >= 0.6 is 0 Å². The van der Waals surface area contributed by atoms with Gasteiger partial charge in [-0.05, 0) is 57.3 Å². The van der Waals surface area contributed by atoms with Gasteiger partial charge < -0.3 is 5.11 Å². The van der Waals surface area contributed by atoms with Gasteiger partial charge in [-0.25, -0.2) is 4.98 Å². The first-order valence-corrected chi connectivity index (χ1v) is 9.64. The zero-order valence-corrected chi connectivity index (χ0v) is 16.5. The Morgan fingerprint density at radius 2 is 1.96 bits per heavy atom. The Balaban J connectivity index is 2.69. The molecule has 0 saturated heterocycles. The fraction of sp³-hybridized carbons (Fsp3) is 0.750. The van der Waals surface area contributed by atoms with Gasteiger partial charge >= 0.3 is 5.97 Å². The van der Waals surface area contributed by atoms with E-state index in [2.05, 4.69) is 49.0 Å². The quantitative estimate of drug-likeness (QED) is 0.509. The zero-order valence-electron chi connectivity index (χ0n) is 16.5. The van der Waals surface area contributed by atoms with Gasteiger partial charge in [0.05, 0.1) is 5.92 Å². The first-order valence-electron chi connectivity index (χ1n) is 9.64. The summed E-state index contributed by atoms with van der Waals surface area (Å²) in [5, 5.41) is 16.4. The lowest BCUT2D eigenvalue weighted by Crippen LogP contribution is -2.22. The van der Waals surface area contributed by atoms with Gasteiger partial charge in [0.2, 0.25) is 0 Å². The molecule has 0 aliphatic heterocycles. The van der Waals surface area contributed by atoms with E-state index in [1.807, 2.05) is 6.92 Å². The number of aromatic nitrogens is 3. The molecule has 0 fully saturated rings. The Labute approximate surface area is 152 Å². The first kappa shape index (κ1) is 21.4. The largest absolute Gasteiger partial charge is 0.481 e. The van der Waals surface area contributed by atoms with E-state index in [0.717, 1.165) is 37.9 Å². The minimum absolute atomic E-state index is 0.169. The molecule has 1 aromatic heterocycles. The summed E-state index contributed by atoms with van der Waals surface area (Å²) in [6.45, 7) is 10.6. The van der Waals surface area contributed by atoms with Crippen molar-refractivity contribution in [1.29, 1.82) is 0 Å². The molecule has 1 rings (SSSR count). The molecule has 0 saturated carbocycles. The van der Waals surface area contributed by atoms with E-state index < -0.39 is 5.97 Å². The fourth-order valence-electron chi connectivity index (χ4n) is 3.49. The van der Waals surface area contributed by atoms with Crippen LogP contribution in [0, 0.1) is 17.8 Å². The number of hydrogen-bond acceptors (Lipinski definition) is 3. The highest BCUT2D eigenvalue weighted by Crippen LogP contribution is 2.33. The second-order valence-electron chi connectivity index (χ2n) is 7.34. The lowest BCUT2D eigenvalue weighted by Gasteiger charge is -2.25. The molecule has 4 unspecified atom stereocenters. The van der Waals surface area contributed by atoms with Crippen molar-refractivity contribution in [3.8, 4) is 0 Å². The number of aromatic amines is 1. The number of nitrogens with zero attached hydrogens (tertiary/aromatic N) is 2. The molecule has 5 nitrogen and oxygen atoms in total. The van der Waals surface area contributed by atoms with Crippen LogP contribution in [-0.4, -0.2) is 26.3 Å². The Bertz CT molecular complexity index is 525. The Morgan fingerprint density at radius 1 is 1.24 bits per heavy atom. The van der Waals surface area contributed by atoms with Crippen LogP contribution in [0.3, 0.4) is 0 Å². The Kier molecular flexibility index (Phi) is 9.46. The van der Waals surface area contributed by atoms with Gasteiger partial charge in [0.15, 0.2) is 0 Å². The van der Waals surface area contributed by atoms with Crippen molar-refractivity contribution in [3.63, 3.8) is 0 Å². The normalized spacial score (nSPS) is 17.1. The van der Waals surface area contributed by atoms with Crippen molar-refractivity contribution in [1.82, 2.24) is 15.2 Å². The lowest BCUT2D eigenvalue weighted by atomic mass is 9.80. The molecule has 0 bridgehead atoms. The second kappa shape index (κ2) is 11.1. The number of allylic oxidation sites excluding steroid dienone is 2. The first-order chi connectivity index (χ1) is 11.9. The summed E-state index contributed by atoms with van der Waals surface area (Å²) < 4.78 is 0. The van der Waals surface area contributed by atoms with E-state index in [-0.39, 0.29) is 11.8 Å². The van der Waals surface area contributed by atoms with Gasteiger partial charge in [-0.15, -0.1) is 0 Å². The number of carboxylic acid groups (broad SMARTS) is 1. The third kappa shape index (κ3) is 7.00. The molecule has 0 spiro atoms. The maximum atomic E-state index is 11.4. The van der Waals surface area contributed by atoms with Gasteiger partial charge in [-0.3, -0.25) is 9.89 Å². The summed E-state index contributed by atoms with van der Waals surface area (Å²) in [7, 11) is 0. The van der Waals surface area contributed by atoms with Crippen LogP contribution in [0.4, 0.5) is 0 Å². The smallest absolute Gasteiger partial charge is 0.306 e. The molecule has 0 aliphatic rings. The number of H-pyrrole nitrogens is 1. The van der Waals surface area contributed by atoms with Crippen molar-refractivity contribution in [2.45, 2.75) is 79.1 Å². The van der Waals surface area contributed by atoms with E-state index in [9.17, 15) is 9.90 Å². The molecule has 25 heavy (non-hydrogen) atoms. The van der Waals surface area contributed by atoms with Gasteiger partial charge in [0, 0.05) is 5.92 Å². The number of carbonyl (C=O) groups is 1. The van der Waals surface area contributed by atoms with Crippen molar-refractivity contribution >= 4 is 5.97 Å². The van der Waals surface area contributed by atoms with Crippen molar-refractivity contribution in [3.05, 3.63) is 23.8 Å². The summed E-state index contributed by atoms with van der Waals surface area (Å²) in [5.41, 5.74) is 1.43. The maximum Gasteiger partial charge on any atom is 0.306 e. The molecule has 0 aromatic carbocycles. The van der Waals surface area contributed by atoms with E-state index in [4.69, 9.17) is 0 Å². The molecule has 1 heterocycles. The highest BCUT2D eigenvalue weighted by molar-refractivity contribution is 5.70. The van der Waals surface area contributed by atoms with Crippen molar-refractivity contribution in [2.75, 3.05) is 0 Å². The minimum atomic E-state index is -0.681. The molecule has 4 atom stereocenters. The number of aliphatic carboxylic acids is 1. The SMILES string of the molecule is CC/C(C)=C\CCC(C)C(CCC(C)C(CC)C(=O)O)c1ncn[nH]1. The molecule has 2 N–H and O–H groups in total. The van der Waals surface area contributed by atoms with Crippen LogP contribution < -0.4 is 0 Å². The Hall–Kier alpha value is -1.65. The molecular formula is C20H35N3O2. The predicted molar refractivity (Wildman–Crippen MR) is 101 cm³/mol. The molecule has 0 aliphatic carbocycles. The third-order valence-corrected chi connectivity index (χ3v) is 5.52. The molecule has 0 radical (unpaired) electrons. The van der Waals surface area contributed by atoms with Crippen molar-refractivity contribution in [2.24, 2.45) is 17.8 Å². The van der Waals surface area contributed by atoms with Gasteiger partial charge in [-0.1, -0.05) is 39.3 Å². The van der Waals surface area contributed by atoms with Crippen LogP contribution in [0.1, 0.15) is 84.9 Å². The van der Waals surface area contributed by atoms with E-state index in [0.29, 0.717) is 18.3 Å². The maximum absolute atomic E-state index is 11.4. The summed E-state index contributed by atoms with van der Waals surface area (Å²) in [4.78, 5) is 15.8. The fourth-order valence-corrected chi connectivity index (χ4v) is 3.49. The number of hydrogen-bond donors (Lipinski definition) is 2. The second-order valence-corrected chi connectivity index (χ2v) is 7.34. The zero-order chi connectivity index (χ0) is 18.8. The van der Waals surface area contributed by atoms with Crippen molar-refractivity contribution < 1.29 is 9.90 Å². The van der Waals surface area contributed by atoms with Crippen LogP contribution in [0.2, 0.25) is 0 Å². The molecule has 142 valence electrons. The predicted octanol–water partition coefficient (Wildman–Crippen LogP) is 5.19. The average Bonchev–Trinajstić information content (AvgIpc) is 3.09. The summed E-state index contributed by atoms with van der Waals surface area (Å²) in [6, 6.07) is 0. The van der Waals surface area contributed by atoms with Gasteiger partial charge in [-0.2, -0.15) is 5.10 Å². The number of nitrogens with one attached hydrogen (secondary N) is 1. The highest BCUT2D eigenvalue weighted by atomic mass is 16.4. The van der Waals surface area contributed by atoms with E-state index >= 15 is 0 Å². The van der Waals surface area contributed by atoms with Crippen LogP contribution in [-0.2, 0) is 4.79 Å². The molecule has 1 aromatic rings. The molecular weight excluding hydrogens is 314 g/mol. The third-order valence-electron chi connectivity index (χ3n) is 5.52. The standard InChI is InChI=1S/C20H35N3O2/c1-6-14(3)9-8-10-15(4)18(19-21-13-22-23-19)12-11-16(5)17(7-2)20(24)25/h9,13,15-18H,6-8,10-12H2,1-5H3,(H,24,25)(H,21,22,23)/b14-9-. The summed E-state index contributed by atoms with van der Waals surface area (Å²) in [6.07, 6.45) is 9.69. The summed E-state index contributed by atoms with van der Waals surface area (Å²) >= 11 is 0. The van der Waals surface area contributed by atoms with E-state index in [1.54, 1.807) is 6.33 Å². The monoisotopic (exact) mass is 349 g/mol. The molecule has 0 amide bonds. The lowest BCUT2D eigenvalue weighted by molar-refractivity contribution is -0.143. The topological polar surface area (TPSA) is 78.9 Å². The van der Waals surface area contributed by atoms with Gasteiger partial charge in [0.25, 0.3) is 0 Å². The average molecular weight is 350 g/mol. The van der Waals surface area contributed by atoms with E-state index in [1.165, 1.54) is 5.57 Å². The highest BCUT2D eigenvalue weighted by Gasteiger charge is 2.26. The minimum Gasteiger partial charge on any atom is -0.481 e. The van der Waals surface area contributed by atoms with Crippen LogP contribution in [0.25, 0.3) is 0 Å². The number of rotatable bonds is 12. The molecule has 5 heteroatoms. The van der Waals surface area contributed by atoms with Crippen LogP contribution in [0.5, 0.6) is 0 Å². The number of carboxylic acids is 1. The van der Waals surface area contributed by atoms with Gasteiger partial charge in [0.1, 0.15) is 12.2 Å². The Morgan fingerprint density at radius 3 is 2.48 bits per heavy atom. The van der Waals surface area contributed by atoms with Crippen LogP contribution in [0.15, 0.2) is 18.0 Å².